The Bertz CT molecular complexity index is 863. The van der Waals surface area contributed by atoms with E-state index in [4.69, 9.17) is 4.74 Å². The van der Waals surface area contributed by atoms with E-state index >= 15 is 0 Å². The minimum Gasteiger partial charge on any atom is -0.493 e. The number of nitrogens with one attached hydrogen (secondary N) is 2. The maximum Gasteiger partial charge on any atom is 0.137 e. The molecular weight excluding hydrogens is 336 g/mol. The number of aromatic nitrogens is 2. The van der Waals surface area contributed by atoms with E-state index in [0.29, 0.717) is 5.92 Å². The molecule has 0 spiro atoms. The normalized spacial score (nSPS) is 15.0. The van der Waals surface area contributed by atoms with Crippen molar-refractivity contribution in [3.05, 3.63) is 60.4 Å². The van der Waals surface area contributed by atoms with Crippen molar-refractivity contribution in [2.24, 2.45) is 5.92 Å². The van der Waals surface area contributed by atoms with Gasteiger partial charge >= 0.3 is 0 Å². The molecule has 0 radical (unpaired) electrons. The first kappa shape index (κ1) is 17.7. The summed E-state index contributed by atoms with van der Waals surface area (Å²) in [4.78, 5) is 8.84. The second-order valence-electron chi connectivity index (χ2n) is 7.07. The lowest BCUT2D eigenvalue weighted by atomic mass is 9.99. The van der Waals surface area contributed by atoms with Gasteiger partial charge in [-0.1, -0.05) is 30.3 Å². The van der Waals surface area contributed by atoms with E-state index < -0.39 is 0 Å². The highest BCUT2D eigenvalue weighted by atomic mass is 16.5. The van der Waals surface area contributed by atoms with Crippen molar-refractivity contribution in [3.63, 3.8) is 0 Å². The van der Waals surface area contributed by atoms with Gasteiger partial charge in [0.2, 0.25) is 0 Å². The highest BCUT2D eigenvalue weighted by Gasteiger charge is 2.14. The molecule has 2 aromatic carbocycles. The third-order valence-corrected chi connectivity index (χ3v) is 5.10. The molecule has 27 heavy (non-hydrogen) atoms. The van der Waals surface area contributed by atoms with E-state index in [0.717, 1.165) is 55.1 Å². The van der Waals surface area contributed by atoms with Crippen LogP contribution in [0.4, 0.5) is 5.82 Å². The molecule has 1 aliphatic rings. The molecule has 3 aromatic rings. The number of anilines is 1. The van der Waals surface area contributed by atoms with Crippen molar-refractivity contribution in [1.82, 2.24) is 15.3 Å². The molecule has 0 aliphatic carbocycles. The number of nitrogens with zero attached hydrogens (tertiary/aromatic N) is 2. The first-order valence-corrected chi connectivity index (χ1v) is 9.74. The zero-order valence-electron chi connectivity index (χ0n) is 15.5. The van der Waals surface area contributed by atoms with E-state index in [2.05, 4.69) is 50.9 Å². The standard InChI is InChI=1S/C22H26N4O/c1-2-4-17(5-3-1)10-13-24-22-20-7-6-19(14-21(20)25-16-26-22)27-15-18-8-11-23-12-9-18/h1-7,14,16,18,23H,8-13,15H2,(H,24,25,26). The predicted molar refractivity (Wildman–Crippen MR) is 109 cm³/mol. The quantitative estimate of drug-likeness (QED) is 0.672. The molecule has 2 N–H and O–H groups in total. The molecule has 0 bridgehead atoms. The number of hydrogen-bond donors (Lipinski definition) is 2. The molecule has 0 amide bonds. The number of ether oxygens (including phenoxy) is 1. The van der Waals surface area contributed by atoms with Gasteiger partial charge in [0.15, 0.2) is 0 Å². The number of hydrogen-bond acceptors (Lipinski definition) is 5. The van der Waals surface area contributed by atoms with Crippen LogP contribution in [-0.4, -0.2) is 36.2 Å². The topological polar surface area (TPSA) is 59.1 Å². The Morgan fingerprint density at radius 1 is 1.04 bits per heavy atom. The van der Waals surface area contributed by atoms with E-state index in [1.165, 1.54) is 18.4 Å². The second-order valence-corrected chi connectivity index (χ2v) is 7.07. The molecule has 5 nitrogen and oxygen atoms in total. The fraction of sp³-hybridized carbons (Fsp3) is 0.364. The van der Waals surface area contributed by atoms with Crippen molar-refractivity contribution in [2.75, 3.05) is 31.6 Å². The van der Waals surface area contributed by atoms with Crippen LogP contribution in [0.15, 0.2) is 54.9 Å². The Balaban J connectivity index is 1.39. The van der Waals surface area contributed by atoms with Crippen LogP contribution in [0.2, 0.25) is 0 Å². The van der Waals surface area contributed by atoms with Crippen LogP contribution in [0.25, 0.3) is 10.9 Å². The summed E-state index contributed by atoms with van der Waals surface area (Å²) in [7, 11) is 0. The number of piperidine rings is 1. The first-order chi connectivity index (χ1) is 13.4. The van der Waals surface area contributed by atoms with Gasteiger partial charge in [-0.25, -0.2) is 9.97 Å². The molecule has 1 aliphatic heterocycles. The predicted octanol–water partition coefficient (Wildman–Crippen LogP) is 3.66. The van der Waals surface area contributed by atoms with Gasteiger partial charge in [-0.05, 0) is 56.0 Å². The third kappa shape index (κ3) is 4.74. The fourth-order valence-corrected chi connectivity index (χ4v) is 3.50. The summed E-state index contributed by atoms with van der Waals surface area (Å²) in [5.74, 6) is 2.40. The summed E-state index contributed by atoms with van der Waals surface area (Å²) in [6.45, 7) is 3.80. The summed E-state index contributed by atoms with van der Waals surface area (Å²) in [5.41, 5.74) is 2.23. The minimum absolute atomic E-state index is 0.641. The highest BCUT2D eigenvalue weighted by Crippen LogP contribution is 2.25. The minimum atomic E-state index is 0.641. The Kier molecular flexibility index (Phi) is 5.80. The van der Waals surface area contributed by atoms with Crippen LogP contribution >= 0.6 is 0 Å². The smallest absolute Gasteiger partial charge is 0.137 e. The molecule has 0 atom stereocenters. The monoisotopic (exact) mass is 362 g/mol. The summed E-state index contributed by atoms with van der Waals surface area (Å²) < 4.78 is 6.02. The lowest BCUT2D eigenvalue weighted by Crippen LogP contribution is -2.30. The third-order valence-electron chi connectivity index (χ3n) is 5.10. The Morgan fingerprint density at radius 3 is 2.74 bits per heavy atom. The van der Waals surface area contributed by atoms with Gasteiger partial charge in [0.05, 0.1) is 12.1 Å². The Labute approximate surface area is 160 Å². The molecule has 140 valence electrons. The Morgan fingerprint density at radius 2 is 1.89 bits per heavy atom. The zero-order chi connectivity index (χ0) is 18.3. The van der Waals surface area contributed by atoms with Gasteiger partial charge in [-0.3, -0.25) is 0 Å². The summed E-state index contributed by atoms with van der Waals surface area (Å²) in [6, 6.07) is 16.6. The van der Waals surface area contributed by atoms with Crippen LogP contribution in [-0.2, 0) is 6.42 Å². The van der Waals surface area contributed by atoms with Crippen molar-refractivity contribution in [3.8, 4) is 5.75 Å². The van der Waals surface area contributed by atoms with Crippen LogP contribution in [0.1, 0.15) is 18.4 Å². The van der Waals surface area contributed by atoms with Gasteiger partial charge < -0.3 is 15.4 Å². The maximum atomic E-state index is 6.02. The summed E-state index contributed by atoms with van der Waals surface area (Å²) in [5, 5.41) is 7.86. The number of fused-ring (bicyclic) bond motifs is 1. The molecule has 0 saturated carbocycles. The molecule has 1 fully saturated rings. The van der Waals surface area contributed by atoms with Crippen molar-refractivity contribution in [2.45, 2.75) is 19.3 Å². The van der Waals surface area contributed by atoms with Crippen molar-refractivity contribution < 1.29 is 4.74 Å². The number of benzene rings is 2. The van der Waals surface area contributed by atoms with Crippen LogP contribution in [0.5, 0.6) is 5.75 Å². The van der Waals surface area contributed by atoms with Crippen LogP contribution < -0.4 is 15.4 Å². The average Bonchev–Trinajstić information content (AvgIpc) is 2.74. The maximum absolute atomic E-state index is 6.02. The van der Waals surface area contributed by atoms with E-state index in [9.17, 15) is 0 Å². The number of rotatable bonds is 7. The molecule has 0 unspecified atom stereocenters. The summed E-state index contributed by atoms with van der Waals surface area (Å²) in [6.07, 6.45) is 4.95. The lowest BCUT2D eigenvalue weighted by Gasteiger charge is -2.22. The SMILES string of the molecule is c1ccc(CCNc2ncnc3cc(OCC4CCNCC4)ccc23)cc1. The van der Waals surface area contributed by atoms with Gasteiger partial charge in [-0.15, -0.1) is 0 Å². The van der Waals surface area contributed by atoms with Crippen LogP contribution in [0.3, 0.4) is 0 Å². The molecule has 2 heterocycles. The molecule has 1 saturated heterocycles. The summed E-state index contributed by atoms with van der Waals surface area (Å²) >= 11 is 0. The van der Waals surface area contributed by atoms with E-state index in [-0.39, 0.29) is 0 Å². The van der Waals surface area contributed by atoms with Gasteiger partial charge in [0.25, 0.3) is 0 Å². The first-order valence-electron chi connectivity index (χ1n) is 9.74. The average molecular weight is 362 g/mol. The van der Waals surface area contributed by atoms with E-state index in [1.54, 1.807) is 6.33 Å². The zero-order valence-corrected chi connectivity index (χ0v) is 15.5. The second kappa shape index (κ2) is 8.82. The highest BCUT2D eigenvalue weighted by molar-refractivity contribution is 5.89. The van der Waals surface area contributed by atoms with Crippen molar-refractivity contribution in [1.29, 1.82) is 0 Å². The van der Waals surface area contributed by atoms with E-state index in [1.807, 2.05) is 18.2 Å². The van der Waals surface area contributed by atoms with Crippen molar-refractivity contribution >= 4 is 16.7 Å². The largest absolute Gasteiger partial charge is 0.493 e. The molecule has 4 rings (SSSR count). The molecule has 5 heteroatoms. The van der Waals surface area contributed by atoms with Gasteiger partial charge in [-0.2, -0.15) is 0 Å². The molecule has 1 aromatic heterocycles. The molecular formula is C22H26N4O. The lowest BCUT2D eigenvalue weighted by molar-refractivity contribution is 0.215. The fourth-order valence-electron chi connectivity index (χ4n) is 3.50. The Hall–Kier alpha value is -2.66. The van der Waals surface area contributed by atoms with Gasteiger partial charge in [0, 0.05) is 18.0 Å². The van der Waals surface area contributed by atoms with Gasteiger partial charge in [0.1, 0.15) is 17.9 Å². The van der Waals surface area contributed by atoms with Crippen LogP contribution in [0, 0.1) is 5.92 Å².